The van der Waals surface area contributed by atoms with Crippen LogP contribution in [0.1, 0.15) is 47.7 Å². The number of carboxylic acids is 1. The Kier molecular flexibility index (Phi) is 5.51. The molecule has 0 saturated heterocycles. The van der Waals surface area contributed by atoms with Gasteiger partial charge in [0.1, 0.15) is 4.88 Å². The third-order valence-electron chi connectivity index (χ3n) is 2.82. The highest BCUT2D eigenvalue weighted by Gasteiger charge is 2.24. The van der Waals surface area contributed by atoms with E-state index in [9.17, 15) is 13.2 Å². The summed E-state index contributed by atoms with van der Waals surface area (Å²) in [5, 5.41) is 8.90. The number of hydrogen-bond acceptors (Lipinski definition) is 4. The average Bonchev–Trinajstić information content (AvgIpc) is 2.71. The number of rotatable bonds is 7. The molecule has 2 N–H and O–H groups in total. The van der Waals surface area contributed by atoms with Crippen LogP contribution in [0.3, 0.4) is 0 Å². The first-order valence-electron chi connectivity index (χ1n) is 6.17. The topological polar surface area (TPSA) is 83.5 Å². The van der Waals surface area contributed by atoms with Crippen molar-refractivity contribution in [3.05, 3.63) is 15.8 Å². The molecule has 0 radical (unpaired) electrons. The van der Waals surface area contributed by atoms with Gasteiger partial charge >= 0.3 is 5.97 Å². The number of aromatic carboxylic acids is 1. The number of carbonyl (C=O) groups is 1. The Balaban J connectivity index is 3.03. The van der Waals surface area contributed by atoms with E-state index < -0.39 is 16.0 Å². The lowest BCUT2D eigenvalue weighted by atomic mass is 10.1. The van der Waals surface area contributed by atoms with Crippen LogP contribution in [0.5, 0.6) is 0 Å². The fourth-order valence-corrected chi connectivity index (χ4v) is 4.60. The molecule has 0 aromatic carbocycles. The van der Waals surface area contributed by atoms with Crippen LogP contribution in [0.4, 0.5) is 0 Å². The number of hydrogen-bond donors (Lipinski definition) is 2. The standard InChI is InChI=1S/C12H19NO4S2/c1-4-6-9(5-2)13-19(16,17)11-7-10(12(14)15)18-8(11)3/h7,9,13H,4-6H2,1-3H3,(H,14,15). The molecule has 1 unspecified atom stereocenters. The number of thiophene rings is 1. The second-order valence-corrected chi connectivity index (χ2v) is 7.29. The lowest BCUT2D eigenvalue weighted by Gasteiger charge is -2.15. The van der Waals surface area contributed by atoms with E-state index in [-0.39, 0.29) is 15.8 Å². The lowest BCUT2D eigenvalue weighted by molar-refractivity contribution is 0.0702. The quantitative estimate of drug-likeness (QED) is 0.811. The molecule has 0 aliphatic heterocycles. The Morgan fingerprint density at radius 1 is 1.47 bits per heavy atom. The zero-order valence-electron chi connectivity index (χ0n) is 11.3. The van der Waals surface area contributed by atoms with Gasteiger partial charge in [0, 0.05) is 10.9 Å². The molecule has 1 aromatic heterocycles. The lowest BCUT2D eigenvalue weighted by Crippen LogP contribution is -2.34. The van der Waals surface area contributed by atoms with E-state index in [1.807, 2.05) is 13.8 Å². The molecule has 0 bridgehead atoms. The van der Waals surface area contributed by atoms with Gasteiger partial charge in [-0.2, -0.15) is 0 Å². The van der Waals surface area contributed by atoms with Gasteiger partial charge in [-0.15, -0.1) is 11.3 Å². The van der Waals surface area contributed by atoms with E-state index in [0.29, 0.717) is 11.3 Å². The third-order valence-corrected chi connectivity index (χ3v) is 5.64. The summed E-state index contributed by atoms with van der Waals surface area (Å²) in [7, 11) is -3.64. The van der Waals surface area contributed by atoms with Crippen molar-refractivity contribution in [2.45, 2.75) is 51.0 Å². The van der Waals surface area contributed by atoms with E-state index in [1.165, 1.54) is 6.07 Å². The summed E-state index contributed by atoms with van der Waals surface area (Å²) < 4.78 is 27.1. The maximum atomic E-state index is 12.2. The van der Waals surface area contributed by atoms with Gasteiger partial charge in [0.15, 0.2) is 0 Å². The van der Waals surface area contributed by atoms with E-state index >= 15 is 0 Å². The predicted molar refractivity (Wildman–Crippen MR) is 75.3 cm³/mol. The Bertz CT molecular complexity index is 548. The summed E-state index contributed by atoms with van der Waals surface area (Å²) >= 11 is 0.979. The molecule has 1 rings (SSSR count). The number of aryl methyl sites for hydroxylation is 1. The summed E-state index contributed by atoms with van der Waals surface area (Å²) in [6.45, 7) is 5.54. The minimum absolute atomic E-state index is 0.0430. The molecule has 0 aliphatic carbocycles. The molecule has 5 nitrogen and oxygen atoms in total. The Morgan fingerprint density at radius 2 is 2.11 bits per heavy atom. The van der Waals surface area contributed by atoms with E-state index in [2.05, 4.69) is 4.72 Å². The van der Waals surface area contributed by atoms with Gasteiger partial charge < -0.3 is 5.11 Å². The predicted octanol–water partition coefficient (Wildman–Crippen LogP) is 2.61. The van der Waals surface area contributed by atoms with Gasteiger partial charge in [0.05, 0.1) is 4.90 Å². The summed E-state index contributed by atoms with van der Waals surface area (Å²) in [6, 6.07) is 1.12. The van der Waals surface area contributed by atoms with Crippen LogP contribution in [-0.2, 0) is 10.0 Å². The van der Waals surface area contributed by atoms with E-state index in [4.69, 9.17) is 5.11 Å². The minimum atomic E-state index is -3.64. The molecule has 7 heteroatoms. The summed E-state index contributed by atoms with van der Waals surface area (Å²) in [6.07, 6.45) is 2.37. The number of nitrogens with one attached hydrogen (secondary N) is 1. The number of sulfonamides is 1. The molecular weight excluding hydrogens is 286 g/mol. The van der Waals surface area contributed by atoms with Gasteiger partial charge in [0.25, 0.3) is 0 Å². The highest BCUT2D eigenvalue weighted by Crippen LogP contribution is 2.26. The van der Waals surface area contributed by atoms with Crippen molar-refractivity contribution in [3.8, 4) is 0 Å². The largest absolute Gasteiger partial charge is 0.477 e. The minimum Gasteiger partial charge on any atom is -0.477 e. The monoisotopic (exact) mass is 305 g/mol. The first kappa shape index (κ1) is 16.1. The van der Waals surface area contributed by atoms with Crippen molar-refractivity contribution in [2.75, 3.05) is 0 Å². The van der Waals surface area contributed by atoms with Crippen LogP contribution in [0.15, 0.2) is 11.0 Å². The molecule has 1 heterocycles. The molecule has 19 heavy (non-hydrogen) atoms. The molecule has 0 aliphatic rings. The van der Waals surface area contributed by atoms with Gasteiger partial charge in [-0.25, -0.2) is 17.9 Å². The van der Waals surface area contributed by atoms with Crippen molar-refractivity contribution >= 4 is 27.3 Å². The van der Waals surface area contributed by atoms with Gasteiger partial charge in [0.2, 0.25) is 10.0 Å². The highest BCUT2D eigenvalue weighted by molar-refractivity contribution is 7.89. The Labute approximate surface area is 117 Å². The normalized spacial score (nSPS) is 13.4. The highest BCUT2D eigenvalue weighted by atomic mass is 32.2. The number of carboxylic acid groups (broad SMARTS) is 1. The fraction of sp³-hybridized carbons (Fsp3) is 0.583. The SMILES string of the molecule is CCCC(CC)NS(=O)(=O)c1cc(C(=O)O)sc1C. The summed E-state index contributed by atoms with van der Waals surface area (Å²) in [5.41, 5.74) is 0. The fourth-order valence-electron chi connectivity index (χ4n) is 1.82. The second-order valence-electron chi connectivity index (χ2n) is 4.35. The van der Waals surface area contributed by atoms with Gasteiger partial charge in [-0.3, -0.25) is 0 Å². The zero-order chi connectivity index (χ0) is 14.6. The molecule has 0 spiro atoms. The average molecular weight is 305 g/mol. The maximum Gasteiger partial charge on any atom is 0.345 e. The van der Waals surface area contributed by atoms with Crippen molar-refractivity contribution in [3.63, 3.8) is 0 Å². The van der Waals surface area contributed by atoms with Crippen LogP contribution in [0.2, 0.25) is 0 Å². The van der Waals surface area contributed by atoms with Crippen LogP contribution in [0.25, 0.3) is 0 Å². The Morgan fingerprint density at radius 3 is 2.53 bits per heavy atom. The first-order chi connectivity index (χ1) is 8.81. The van der Waals surface area contributed by atoms with Crippen molar-refractivity contribution in [1.29, 1.82) is 0 Å². The van der Waals surface area contributed by atoms with E-state index in [1.54, 1.807) is 6.92 Å². The van der Waals surface area contributed by atoms with Crippen LogP contribution in [0, 0.1) is 6.92 Å². The van der Waals surface area contributed by atoms with Crippen LogP contribution < -0.4 is 4.72 Å². The third kappa shape index (κ3) is 4.02. The smallest absolute Gasteiger partial charge is 0.345 e. The Hall–Kier alpha value is -0.920. The molecule has 0 amide bonds. The molecule has 0 saturated carbocycles. The molecule has 1 aromatic rings. The molecule has 0 fully saturated rings. The van der Waals surface area contributed by atoms with Gasteiger partial charge in [-0.05, 0) is 25.8 Å². The van der Waals surface area contributed by atoms with Gasteiger partial charge in [-0.1, -0.05) is 20.3 Å². The summed E-state index contributed by atoms with van der Waals surface area (Å²) in [4.78, 5) is 11.5. The van der Waals surface area contributed by atoms with Crippen molar-refractivity contribution in [1.82, 2.24) is 4.72 Å². The van der Waals surface area contributed by atoms with Crippen molar-refractivity contribution < 1.29 is 18.3 Å². The first-order valence-corrected chi connectivity index (χ1v) is 8.47. The zero-order valence-corrected chi connectivity index (χ0v) is 12.9. The molecule has 1 atom stereocenters. The maximum absolute atomic E-state index is 12.2. The van der Waals surface area contributed by atoms with Crippen LogP contribution >= 0.6 is 11.3 Å². The molecule has 108 valence electrons. The summed E-state index contributed by atoms with van der Waals surface area (Å²) in [5.74, 6) is -1.10. The van der Waals surface area contributed by atoms with E-state index in [0.717, 1.165) is 24.2 Å². The van der Waals surface area contributed by atoms with Crippen molar-refractivity contribution in [2.24, 2.45) is 0 Å². The van der Waals surface area contributed by atoms with Crippen LogP contribution in [-0.4, -0.2) is 25.5 Å². The second kappa shape index (κ2) is 6.49. The molecular formula is C12H19NO4S2.